The summed E-state index contributed by atoms with van der Waals surface area (Å²) in [5.74, 6) is -0.0412. The molecular weight excluding hydrogens is 214 g/mol. The molecule has 1 aromatic rings. The van der Waals surface area contributed by atoms with Gasteiger partial charge < -0.3 is 15.8 Å². The Hall–Kier alpha value is -1.26. The Morgan fingerprint density at radius 1 is 1.60 bits per heavy atom. The first-order chi connectivity index (χ1) is 7.16. The summed E-state index contributed by atoms with van der Waals surface area (Å²) in [5.41, 5.74) is 6.74. The van der Waals surface area contributed by atoms with Gasteiger partial charge in [-0.05, 0) is 12.1 Å². The van der Waals surface area contributed by atoms with Crippen LogP contribution in [0.4, 0.5) is 5.69 Å². The maximum absolute atomic E-state index is 7.42. The van der Waals surface area contributed by atoms with Crippen molar-refractivity contribution in [2.75, 3.05) is 25.6 Å². The van der Waals surface area contributed by atoms with Crippen molar-refractivity contribution in [1.29, 1.82) is 5.41 Å². The Morgan fingerprint density at radius 2 is 2.33 bits per heavy atom. The number of hydrogen-bond acceptors (Lipinski definition) is 3. The second-order valence-electron chi connectivity index (χ2n) is 3.00. The van der Waals surface area contributed by atoms with Crippen LogP contribution in [-0.2, 0) is 4.74 Å². The van der Waals surface area contributed by atoms with Crippen LogP contribution in [0.1, 0.15) is 5.56 Å². The predicted octanol–water partition coefficient (Wildman–Crippen LogP) is 1.68. The molecule has 0 radical (unpaired) electrons. The highest BCUT2D eigenvalue weighted by Gasteiger charge is 2.08. The first-order valence-corrected chi connectivity index (χ1v) is 4.90. The summed E-state index contributed by atoms with van der Waals surface area (Å²) >= 11 is 5.95. The number of methoxy groups -OCH3 is 1. The van der Waals surface area contributed by atoms with E-state index in [9.17, 15) is 0 Å². The molecule has 0 unspecified atom stereocenters. The number of ether oxygens (including phenoxy) is 1. The van der Waals surface area contributed by atoms with Gasteiger partial charge in [-0.1, -0.05) is 17.7 Å². The number of amidine groups is 1. The van der Waals surface area contributed by atoms with E-state index in [0.29, 0.717) is 23.7 Å². The van der Waals surface area contributed by atoms with Crippen molar-refractivity contribution >= 4 is 23.1 Å². The van der Waals surface area contributed by atoms with Gasteiger partial charge in [0.25, 0.3) is 0 Å². The minimum Gasteiger partial charge on any atom is -0.384 e. The fourth-order valence-corrected chi connectivity index (χ4v) is 1.51. The molecule has 0 aliphatic carbocycles. The van der Waals surface area contributed by atoms with Gasteiger partial charge in [-0.15, -0.1) is 0 Å². The molecule has 0 saturated carbocycles. The standard InChI is InChI=1S/C10H14ClN3O/c1-15-6-5-14-8-4-2-3-7(11)9(8)10(12)13/h2-4,14H,5-6H2,1H3,(H3,12,13). The molecule has 0 spiro atoms. The van der Waals surface area contributed by atoms with Gasteiger partial charge in [-0.2, -0.15) is 0 Å². The summed E-state index contributed by atoms with van der Waals surface area (Å²) in [6.45, 7) is 1.24. The summed E-state index contributed by atoms with van der Waals surface area (Å²) in [6.07, 6.45) is 0. The molecule has 0 atom stereocenters. The number of halogens is 1. The molecule has 0 aliphatic heterocycles. The lowest BCUT2D eigenvalue weighted by Gasteiger charge is -2.11. The number of nitrogen functional groups attached to an aromatic ring is 1. The van der Waals surface area contributed by atoms with Crippen molar-refractivity contribution in [3.05, 3.63) is 28.8 Å². The second-order valence-corrected chi connectivity index (χ2v) is 3.40. The molecule has 1 rings (SSSR count). The maximum Gasteiger partial charge on any atom is 0.126 e. The number of hydrogen-bond donors (Lipinski definition) is 3. The van der Waals surface area contributed by atoms with Crippen molar-refractivity contribution in [1.82, 2.24) is 0 Å². The Bertz CT molecular complexity index is 355. The summed E-state index contributed by atoms with van der Waals surface area (Å²) in [7, 11) is 1.63. The van der Waals surface area contributed by atoms with Crippen LogP contribution in [0, 0.1) is 5.41 Å². The molecule has 82 valence electrons. The van der Waals surface area contributed by atoms with Gasteiger partial charge in [0.05, 0.1) is 17.2 Å². The Kier molecular flexibility index (Phi) is 4.39. The SMILES string of the molecule is COCCNc1cccc(Cl)c1C(=N)N. The largest absolute Gasteiger partial charge is 0.384 e. The minimum atomic E-state index is -0.0412. The topological polar surface area (TPSA) is 71.1 Å². The van der Waals surface area contributed by atoms with Gasteiger partial charge in [-0.25, -0.2) is 0 Å². The smallest absolute Gasteiger partial charge is 0.126 e. The van der Waals surface area contributed by atoms with Crippen LogP contribution >= 0.6 is 11.6 Å². The maximum atomic E-state index is 7.42. The lowest BCUT2D eigenvalue weighted by atomic mass is 10.1. The first kappa shape index (κ1) is 11.8. The van der Waals surface area contributed by atoms with Crippen molar-refractivity contribution in [3.63, 3.8) is 0 Å². The van der Waals surface area contributed by atoms with Gasteiger partial charge in [0.15, 0.2) is 0 Å². The summed E-state index contributed by atoms with van der Waals surface area (Å²) in [6, 6.07) is 5.35. The van der Waals surface area contributed by atoms with Crippen molar-refractivity contribution in [3.8, 4) is 0 Å². The summed E-state index contributed by atoms with van der Waals surface area (Å²) < 4.78 is 4.91. The molecular formula is C10H14ClN3O. The van der Waals surface area contributed by atoms with Crippen LogP contribution < -0.4 is 11.1 Å². The molecule has 0 heterocycles. The molecule has 0 bridgehead atoms. The van der Waals surface area contributed by atoms with Crippen LogP contribution in [0.25, 0.3) is 0 Å². The van der Waals surface area contributed by atoms with Crippen LogP contribution in [0.15, 0.2) is 18.2 Å². The molecule has 0 aliphatic rings. The van der Waals surface area contributed by atoms with Gasteiger partial charge in [0, 0.05) is 19.3 Å². The van der Waals surface area contributed by atoms with Gasteiger partial charge in [0.1, 0.15) is 5.84 Å². The van der Waals surface area contributed by atoms with E-state index in [1.165, 1.54) is 0 Å². The fourth-order valence-electron chi connectivity index (χ4n) is 1.23. The quantitative estimate of drug-likeness (QED) is 0.407. The first-order valence-electron chi connectivity index (χ1n) is 4.52. The van der Waals surface area contributed by atoms with E-state index in [-0.39, 0.29) is 5.84 Å². The number of benzene rings is 1. The Morgan fingerprint density at radius 3 is 2.93 bits per heavy atom. The average molecular weight is 228 g/mol. The fraction of sp³-hybridized carbons (Fsp3) is 0.300. The highest BCUT2D eigenvalue weighted by molar-refractivity contribution is 6.34. The van der Waals surface area contributed by atoms with Gasteiger partial charge in [0.2, 0.25) is 0 Å². The third-order valence-corrected chi connectivity index (χ3v) is 2.22. The second kappa shape index (κ2) is 5.58. The molecule has 0 amide bonds. The molecule has 1 aromatic carbocycles. The Labute approximate surface area is 93.9 Å². The van der Waals surface area contributed by atoms with Gasteiger partial charge >= 0.3 is 0 Å². The van der Waals surface area contributed by atoms with Crippen molar-refractivity contribution < 1.29 is 4.74 Å². The lowest BCUT2D eigenvalue weighted by Crippen LogP contribution is -2.16. The summed E-state index contributed by atoms with van der Waals surface area (Å²) in [4.78, 5) is 0. The number of rotatable bonds is 5. The van der Waals surface area contributed by atoms with Gasteiger partial charge in [-0.3, -0.25) is 5.41 Å². The highest BCUT2D eigenvalue weighted by atomic mass is 35.5. The van der Waals surface area contributed by atoms with E-state index >= 15 is 0 Å². The highest BCUT2D eigenvalue weighted by Crippen LogP contribution is 2.23. The van der Waals surface area contributed by atoms with Crippen LogP contribution in [0.5, 0.6) is 0 Å². The average Bonchev–Trinajstić information content (AvgIpc) is 2.17. The van der Waals surface area contributed by atoms with E-state index in [4.69, 9.17) is 27.5 Å². The van der Waals surface area contributed by atoms with Crippen LogP contribution in [0.3, 0.4) is 0 Å². The molecule has 4 N–H and O–H groups in total. The van der Waals surface area contributed by atoms with Crippen LogP contribution in [-0.4, -0.2) is 26.1 Å². The number of anilines is 1. The predicted molar refractivity (Wildman–Crippen MR) is 62.8 cm³/mol. The molecule has 5 heteroatoms. The van der Waals surface area contributed by atoms with Crippen molar-refractivity contribution in [2.24, 2.45) is 5.73 Å². The monoisotopic (exact) mass is 227 g/mol. The zero-order chi connectivity index (χ0) is 11.3. The van der Waals surface area contributed by atoms with E-state index < -0.39 is 0 Å². The van der Waals surface area contributed by atoms with E-state index in [2.05, 4.69) is 5.32 Å². The van der Waals surface area contributed by atoms with E-state index in [1.54, 1.807) is 13.2 Å². The summed E-state index contributed by atoms with van der Waals surface area (Å²) in [5, 5.41) is 11.0. The Balaban J connectivity index is 2.86. The minimum absolute atomic E-state index is 0.0412. The number of nitrogens with one attached hydrogen (secondary N) is 2. The zero-order valence-corrected chi connectivity index (χ0v) is 9.27. The molecule has 15 heavy (non-hydrogen) atoms. The molecule has 4 nitrogen and oxygen atoms in total. The van der Waals surface area contributed by atoms with Crippen LogP contribution in [0.2, 0.25) is 5.02 Å². The van der Waals surface area contributed by atoms with Crippen molar-refractivity contribution in [2.45, 2.75) is 0 Å². The number of nitrogens with two attached hydrogens (primary N) is 1. The third kappa shape index (κ3) is 3.11. The molecule has 0 fully saturated rings. The third-order valence-electron chi connectivity index (χ3n) is 1.90. The van der Waals surface area contributed by atoms with E-state index in [1.807, 2.05) is 12.1 Å². The normalized spacial score (nSPS) is 10.0. The lowest BCUT2D eigenvalue weighted by molar-refractivity contribution is 0.211. The zero-order valence-electron chi connectivity index (χ0n) is 8.51. The van der Waals surface area contributed by atoms with E-state index in [0.717, 1.165) is 5.69 Å². The molecule has 0 saturated heterocycles. The molecule has 0 aromatic heterocycles.